The van der Waals surface area contributed by atoms with E-state index in [0.29, 0.717) is 103 Å². The molecule has 0 spiro atoms. The molecule has 0 fully saturated rings. The lowest BCUT2D eigenvalue weighted by molar-refractivity contribution is 0.237. The second-order valence-electron chi connectivity index (χ2n) is 14.2. The lowest BCUT2D eigenvalue weighted by Gasteiger charge is -2.20. The van der Waals surface area contributed by atoms with E-state index in [4.69, 9.17) is 43.4 Å². The van der Waals surface area contributed by atoms with Gasteiger partial charge in [0, 0.05) is 41.2 Å². The normalized spacial score (nSPS) is 10.9. The van der Waals surface area contributed by atoms with Gasteiger partial charge in [0.2, 0.25) is 23.4 Å². The summed E-state index contributed by atoms with van der Waals surface area (Å²) in [6.45, 7) is 18.3. The zero-order valence-electron chi connectivity index (χ0n) is 35.6. The molecule has 4 aromatic rings. The number of anilines is 4. The first-order valence-corrected chi connectivity index (χ1v) is 21.4. The van der Waals surface area contributed by atoms with Crippen molar-refractivity contribution in [2.24, 2.45) is 0 Å². The smallest absolute Gasteiger partial charge is 0.232 e. The number of benzene rings is 3. The highest BCUT2D eigenvalue weighted by atomic mass is 16.5. The van der Waals surface area contributed by atoms with Gasteiger partial charge in [-0.3, -0.25) is 0 Å². The number of nitrogens with one attached hydrogen (secondary N) is 2. The number of hydrogen-bond acceptors (Lipinski definition) is 11. The molecule has 4 rings (SSSR count). The number of unbranched alkanes of at least 4 members (excludes halogenated alkanes) is 6. The molecule has 3 aromatic carbocycles. The summed E-state index contributed by atoms with van der Waals surface area (Å²) >= 11 is 0. The molecule has 11 heteroatoms. The molecule has 0 radical (unpaired) electrons. The topological polar surface area (TPSA) is 118 Å². The van der Waals surface area contributed by atoms with Crippen LogP contribution in [-0.2, 0) is 0 Å². The molecule has 0 aliphatic rings. The molecule has 1 heterocycles. The summed E-state index contributed by atoms with van der Waals surface area (Å²) in [5.74, 6) is 4.92. The van der Waals surface area contributed by atoms with Crippen molar-refractivity contribution in [3.8, 4) is 45.9 Å². The monoisotopic (exact) mass is 786 g/mol. The first kappa shape index (κ1) is 44.8. The van der Waals surface area contributed by atoms with Gasteiger partial charge < -0.3 is 39.1 Å². The Bertz CT molecular complexity index is 1590. The van der Waals surface area contributed by atoms with Crippen LogP contribution in [0.1, 0.15) is 124 Å². The summed E-state index contributed by atoms with van der Waals surface area (Å²) in [5, 5.41) is 6.90. The van der Waals surface area contributed by atoms with Gasteiger partial charge in [0.05, 0.1) is 39.6 Å². The van der Waals surface area contributed by atoms with E-state index < -0.39 is 0 Å². The summed E-state index contributed by atoms with van der Waals surface area (Å²) in [4.78, 5) is 14.7. The summed E-state index contributed by atoms with van der Waals surface area (Å²) in [7, 11) is 0. The van der Waals surface area contributed by atoms with Crippen molar-refractivity contribution in [3.63, 3.8) is 0 Å². The molecule has 0 unspecified atom stereocenters. The molecule has 312 valence electrons. The summed E-state index contributed by atoms with van der Waals surface area (Å²) in [6.07, 6.45) is 11.6. The fourth-order valence-corrected chi connectivity index (χ4v) is 5.53. The molecule has 57 heavy (non-hydrogen) atoms. The number of aryl methyl sites for hydroxylation is 1. The number of aromatic nitrogens is 3. The average Bonchev–Trinajstić information content (AvgIpc) is 3.20. The van der Waals surface area contributed by atoms with Gasteiger partial charge in [-0.05, 0) is 45.4 Å². The van der Waals surface area contributed by atoms with Gasteiger partial charge in [-0.1, -0.05) is 110 Å². The van der Waals surface area contributed by atoms with Gasteiger partial charge in [-0.15, -0.1) is 0 Å². The van der Waals surface area contributed by atoms with Crippen molar-refractivity contribution in [1.82, 2.24) is 15.0 Å². The third-order valence-electron chi connectivity index (χ3n) is 9.01. The van der Waals surface area contributed by atoms with E-state index >= 15 is 0 Å². The summed E-state index contributed by atoms with van der Waals surface area (Å²) in [5.41, 5.74) is 3.40. The first-order valence-electron chi connectivity index (χ1n) is 21.4. The number of ether oxygens (including phenoxy) is 6. The predicted molar refractivity (Wildman–Crippen MR) is 232 cm³/mol. The summed E-state index contributed by atoms with van der Waals surface area (Å²) < 4.78 is 37.9. The van der Waals surface area contributed by atoms with Crippen LogP contribution in [0.25, 0.3) is 11.4 Å². The molecule has 0 saturated carbocycles. The van der Waals surface area contributed by atoms with Crippen LogP contribution in [0.4, 0.5) is 23.3 Å². The van der Waals surface area contributed by atoms with Crippen LogP contribution in [0, 0.1) is 6.92 Å². The van der Waals surface area contributed by atoms with Crippen molar-refractivity contribution in [3.05, 3.63) is 54.1 Å². The Morgan fingerprint density at radius 2 is 0.737 bits per heavy atom. The van der Waals surface area contributed by atoms with Crippen molar-refractivity contribution in [1.29, 1.82) is 0 Å². The van der Waals surface area contributed by atoms with E-state index in [1.807, 2.05) is 48.5 Å². The van der Waals surface area contributed by atoms with Crippen molar-refractivity contribution in [2.45, 2.75) is 126 Å². The van der Waals surface area contributed by atoms with E-state index in [1.165, 1.54) is 0 Å². The van der Waals surface area contributed by atoms with Crippen LogP contribution in [0.2, 0.25) is 0 Å². The van der Waals surface area contributed by atoms with E-state index in [0.717, 1.165) is 88.2 Å². The van der Waals surface area contributed by atoms with E-state index in [-0.39, 0.29) is 0 Å². The minimum Gasteiger partial charge on any atom is -0.489 e. The second kappa shape index (κ2) is 25.3. The second-order valence-corrected chi connectivity index (χ2v) is 14.2. The molecule has 1 aromatic heterocycles. The third kappa shape index (κ3) is 14.8. The minimum absolute atomic E-state index is 0.347. The average molecular weight is 786 g/mol. The Morgan fingerprint density at radius 3 is 1.05 bits per heavy atom. The van der Waals surface area contributed by atoms with Crippen LogP contribution in [0.3, 0.4) is 0 Å². The predicted octanol–water partition coefficient (Wildman–Crippen LogP) is 12.4. The van der Waals surface area contributed by atoms with E-state index in [2.05, 4.69) is 59.1 Å². The van der Waals surface area contributed by atoms with Crippen LogP contribution >= 0.6 is 0 Å². The van der Waals surface area contributed by atoms with Gasteiger partial charge >= 0.3 is 0 Å². The maximum atomic E-state index is 6.33. The Labute approximate surface area is 341 Å². The molecule has 0 amide bonds. The van der Waals surface area contributed by atoms with Crippen molar-refractivity contribution >= 4 is 23.3 Å². The maximum absolute atomic E-state index is 6.33. The molecule has 0 aliphatic carbocycles. The minimum atomic E-state index is 0.347. The molecular formula is C46H67N5O6. The summed E-state index contributed by atoms with van der Waals surface area (Å²) in [6, 6.07) is 15.9. The van der Waals surface area contributed by atoms with Gasteiger partial charge in [0.25, 0.3) is 0 Å². The van der Waals surface area contributed by atoms with Crippen LogP contribution in [-0.4, -0.2) is 54.6 Å². The fraction of sp³-hybridized carbons (Fsp3) is 0.543. The highest BCUT2D eigenvalue weighted by Gasteiger charge is 2.20. The standard InChI is InChI=1S/C46H67N5O6/c1-8-14-24-52-38-30-36(31-39(53-25-15-9-2)42(38)56-28-18-12-5)47-45-49-44(35-22-20-34(7)21-23-35)50-46(51-45)48-37-32-40(54-26-16-10-3)43(57-29-19-13-6)41(33-37)55-27-17-11-4/h20-23,30-33H,8-19,24-29H2,1-7H3,(H2,47,48,49,50,51). The maximum Gasteiger partial charge on any atom is 0.232 e. The SMILES string of the molecule is CCCCOc1cc(Nc2nc(Nc3cc(OCCCC)c(OCCCC)c(OCCCC)c3)nc(-c3ccc(C)cc3)n2)cc(OCCCC)c1OCCCC. The molecular weight excluding hydrogens is 719 g/mol. The van der Waals surface area contributed by atoms with E-state index in [9.17, 15) is 0 Å². The van der Waals surface area contributed by atoms with Crippen LogP contribution in [0.5, 0.6) is 34.5 Å². The van der Waals surface area contributed by atoms with Gasteiger partial charge in [0.1, 0.15) is 0 Å². The quantitative estimate of drug-likeness (QED) is 0.0512. The number of rotatable bonds is 29. The number of hydrogen-bond donors (Lipinski definition) is 2. The van der Waals surface area contributed by atoms with Gasteiger partial charge in [-0.25, -0.2) is 0 Å². The van der Waals surface area contributed by atoms with Crippen molar-refractivity contribution < 1.29 is 28.4 Å². The molecule has 0 bridgehead atoms. The van der Waals surface area contributed by atoms with Gasteiger partial charge in [0.15, 0.2) is 28.8 Å². The van der Waals surface area contributed by atoms with Crippen LogP contribution < -0.4 is 39.1 Å². The Kier molecular flexibility index (Phi) is 19.9. The number of nitrogens with zero attached hydrogens (tertiary/aromatic N) is 3. The Morgan fingerprint density at radius 1 is 0.421 bits per heavy atom. The van der Waals surface area contributed by atoms with Crippen LogP contribution in [0.15, 0.2) is 48.5 Å². The molecule has 0 saturated heterocycles. The van der Waals surface area contributed by atoms with Crippen molar-refractivity contribution in [2.75, 3.05) is 50.3 Å². The highest BCUT2D eigenvalue weighted by Crippen LogP contribution is 2.43. The Balaban J connectivity index is 1.79. The largest absolute Gasteiger partial charge is 0.489 e. The highest BCUT2D eigenvalue weighted by molar-refractivity contribution is 5.70. The lowest BCUT2D eigenvalue weighted by atomic mass is 10.1. The molecule has 0 aliphatic heterocycles. The zero-order chi connectivity index (χ0) is 40.7. The fourth-order valence-electron chi connectivity index (χ4n) is 5.53. The Hall–Kier alpha value is -4.93. The zero-order valence-corrected chi connectivity index (χ0v) is 35.6. The van der Waals surface area contributed by atoms with E-state index in [1.54, 1.807) is 0 Å². The first-order chi connectivity index (χ1) is 27.9. The lowest BCUT2D eigenvalue weighted by Crippen LogP contribution is -2.09. The molecule has 2 N–H and O–H groups in total. The molecule has 0 atom stereocenters. The third-order valence-corrected chi connectivity index (χ3v) is 9.01. The molecule has 11 nitrogen and oxygen atoms in total. The van der Waals surface area contributed by atoms with Gasteiger partial charge in [-0.2, -0.15) is 15.0 Å².